The summed E-state index contributed by atoms with van der Waals surface area (Å²) in [5, 5.41) is 0. The number of rotatable bonds is 5. The molecule has 0 bridgehead atoms. The first-order valence-electron chi connectivity index (χ1n) is 6.11. The minimum absolute atomic E-state index is 0.438. The van der Waals surface area contributed by atoms with Crippen molar-refractivity contribution in [2.45, 2.75) is 26.8 Å². The Bertz CT molecular complexity index is 452. The second-order valence-electron chi connectivity index (χ2n) is 4.10. The van der Waals surface area contributed by atoms with Crippen LogP contribution in [0.3, 0.4) is 0 Å². The summed E-state index contributed by atoms with van der Waals surface area (Å²) >= 11 is 0. The van der Waals surface area contributed by atoms with E-state index in [-0.39, 0.29) is 0 Å². The molecule has 0 saturated carbocycles. The van der Waals surface area contributed by atoms with Gasteiger partial charge in [-0.25, -0.2) is 0 Å². The van der Waals surface area contributed by atoms with E-state index in [0.29, 0.717) is 6.04 Å². The summed E-state index contributed by atoms with van der Waals surface area (Å²) < 4.78 is 10.6. The van der Waals surface area contributed by atoms with Crippen LogP contribution in [0.4, 0.5) is 0 Å². The molecule has 4 nitrogen and oxygen atoms in total. The van der Waals surface area contributed by atoms with Crippen LogP contribution in [0, 0.1) is 0 Å². The highest BCUT2D eigenvalue weighted by Crippen LogP contribution is 2.18. The fraction of sp³-hybridized carbons (Fsp3) is 0.286. The fourth-order valence-corrected chi connectivity index (χ4v) is 3.75. The molecule has 102 valence electrons. The predicted octanol–water partition coefficient (Wildman–Crippen LogP) is 2.83. The third kappa shape index (κ3) is 5.09. The van der Waals surface area contributed by atoms with Crippen LogP contribution in [0.2, 0.25) is 6.04 Å². The molecule has 19 heavy (non-hydrogen) atoms. The summed E-state index contributed by atoms with van der Waals surface area (Å²) in [6.07, 6.45) is 1.82. The molecule has 0 unspecified atom stereocenters. The number of carbonyl (C=O) groups excluding carboxylic acids is 2. The van der Waals surface area contributed by atoms with Crippen molar-refractivity contribution in [1.29, 1.82) is 0 Å². The Balaban J connectivity index is 2.98. The van der Waals surface area contributed by atoms with Crippen molar-refractivity contribution >= 4 is 26.6 Å². The van der Waals surface area contributed by atoms with Gasteiger partial charge in [-0.1, -0.05) is 43.3 Å². The normalized spacial score (nSPS) is 11.3. The quantitative estimate of drug-likeness (QED) is 0.777. The molecule has 1 rings (SSSR count). The maximum Gasteiger partial charge on any atom is 0.491 e. The van der Waals surface area contributed by atoms with E-state index in [0.717, 1.165) is 5.56 Å². The standard InChI is InChI=1S/C14H18O4Si/c1-4-19(17-12(2)15,18-13(3)16)11-10-14-8-6-5-7-9-14/h5-11H,4H2,1-3H3. The monoisotopic (exact) mass is 278 g/mol. The Morgan fingerprint density at radius 3 is 2.05 bits per heavy atom. The van der Waals surface area contributed by atoms with Gasteiger partial charge in [0.15, 0.2) is 0 Å². The van der Waals surface area contributed by atoms with Gasteiger partial charge in [-0.05, 0) is 11.3 Å². The lowest BCUT2D eigenvalue weighted by Crippen LogP contribution is -2.42. The minimum Gasteiger partial charge on any atom is -0.482 e. The lowest BCUT2D eigenvalue weighted by Gasteiger charge is -2.24. The van der Waals surface area contributed by atoms with E-state index < -0.39 is 20.5 Å². The summed E-state index contributed by atoms with van der Waals surface area (Å²) in [7, 11) is -2.96. The van der Waals surface area contributed by atoms with Crippen LogP contribution >= 0.6 is 0 Å². The molecule has 0 amide bonds. The summed E-state index contributed by atoms with van der Waals surface area (Å²) in [6, 6.07) is 10.1. The number of benzene rings is 1. The number of carbonyl (C=O) groups is 2. The molecular formula is C14H18O4Si. The van der Waals surface area contributed by atoms with Crippen molar-refractivity contribution in [2.24, 2.45) is 0 Å². The Morgan fingerprint density at radius 1 is 1.11 bits per heavy atom. The minimum atomic E-state index is -2.96. The second kappa shape index (κ2) is 6.89. The molecule has 0 atom stereocenters. The summed E-state index contributed by atoms with van der Waals surface area (Å²) in [4.78, 5) is 22.4. The Morgan fingerprint density at radius 2 is 1.63 bits per heavy atom. The van der Waals surface area contributed by atoms with E-state index >= 15 is 0 Å². The molecule has 0 saturated heterocycles. The molecule has 5 heteroatoms. The van der Waals surface area contributed by atoms with Gasteiger partial charge in [-0.15, -0.1) is 0 Å². The molecule has 1 aromatic rings. The van der Waals surface area contributed by atoms with Crippen molar-refractivity contribution in [3.8, 4) is 0 Å². The van der Waals surface area contributed by atoms with Crippen molar-refractivity contribution in [3.05, 3.63) is 41.6 Å². The molecule has 0 heterocycles. The van der Waals surface area contributed by atoms with Crippen LogP contribution in [0.15, 0.2) is 36.0 Å². The van der Waals surface area contributed by atoms with Crippen molar-refractivity contribution in [2.75, 3.05) is 0 Å². The summed E-state index contributed by atoms with van der Waals surface area (Å²) in [5.41, 5.74) is 2.69. The van der Waals surface area contributed by atoms with Gasteiger partial charge in [0, 0.05) is 19.9 Å². The van der Waals surface area contributed by atoms with Crippen molar-refractivity contribution < 1.29 is 18.4 Å². The van der Waals surface area contributed by atoms with E-state index in [1.807, 2.05) is 43.3 Å². The van der Waals surface area contributed by atoms with Crippen LogP contribution in [-0.2, 0) is 18.4 Å². The summed E-state index contributed by atoms with van der Waals surface area (Å²) in [5.74, 6) is -0.875. The zero-order valence-electron chi connectivity index (χ0n) is 11.4. The number of hydrogen-bond donors (Lipinski definition) is 0. The van der Waals surface area contributed by atoms with Crippen molar-refractivity contribution in [3.63, 3.8) is 0 Å². The highest BCUT2D eigenvalue weighted by molar-refractivity contribution is 6.75. The molecule has 0 radical (unpaired) electrons. The van der Waals surface area contributed by atoms with Gasteiger partial charge in [0.1, 0.15) is 0 Å². The van der Waals surface area contributed by atoms with E-state index in [2.05, 4.69) is 0 Å². The molecule has 0 aliphatic rings. The largest absolute Gasteiger partial charge is 0.491 e. The zero-order valence-corrected chi connectivity index (χ0v) is 12.4. The molecule has 0 aliphatic heterocycles. The van der Waals surface area contributed by atoms with Crippen LogP contribution in [0.1, 0.15) is 26.3 Å². The maximum atomic E-state index is 11.2. The summed E-state index contributed by atoms with van der Waals surface area (Å²) in [6.45, 7) is 4.47. The van der Waals surface area contributed by atoms with Gasteiger partial charge in [0.05, 0.1) is 0 Å². The highest BCUT2D eigenvalue weighted by Gasteiger charge is 2.39. The predicted molar refractivity (Wildman–Crippen MR) is 75.2 cm³/mol. The average Bonchev–Trinajstić information content (AvgIpc) is 2.36. The van der Waals surface area contributed by atoms with Crippen LogP contribution in [0.25, 0.3) is 6.08 Å². The Kier molecular flexibility index (Phi) is 5.50. The number of hydrogen-bond acceptors (Lipinski definition) is 4. The zero-order chi connectivity index (χ0) is 14.3. The third-order valence-corrected chi connectivity index (χ3v) is 5.38. The molecule has 1 aromatic carbocycles. The van der Waals surface area contributed by atoms with Gasteiger partial charge in [-0.2, -0.15) is 0 Å². The van der Waals surface area contributed by atoms with Crippen molar-refractivity contribution in [1.82, 2.24) is 0 Å². The third-order valence-electron chi connectivity index (χ3n) is 2.46. The van der Waals surface area contributed by atoms with Gasteiger partial charge in [0.2, 0.25) is 0 Å². The first kappa shape index (κ1) is 15.2. The first-order valence-corrected chi connectivity index (χ1v) is 8.21. The van der Waals surface area contributed by atoms with Gasteiger partial charge >= 0.3 is 8.56 Å². The molecule has 0 aromatic heterocycles. The lowest BCUT2D eigenvalue weighted by atomic mass is 10.2. The maximum absolute atomic E-state index is 11.2. The average molecular weight is 278 g/mol. The SMILES string of the molecule is CC[Si](C=Cc1ccccc1)(OC(C)=O)OC(C)=O. The van der Waals surface area contributed by atoms with E-state index in [9.17, 15) is 9.59 Å². The highest BCUT2D eigenvalue weighted by atomic mass is 28.4. The molecule has 0 fully saturated rings. The van der Waals surface area contributed by atoms with E-state index in [4.69, 9.17) is 8.85 Å². The molecule has 0 aliphatic carbocycles. The van der Waals surface area contributed by atoms with E-state index in [1.54, 1.807) is 5.70 Å². The Hall–Kier alpha value is -1.88. The Labute approximate surface area is 114 Å². The molecule has 0 N–H and O–H groups in total. The van der Waals surface area contributed by atoms with Crippen LogP contribution in [-0.4, -0.2) is 20.5 Å². The van der Waals surface area contributed by atoms with Crippen LogP contribution in [0.5, 0.6) is 0 Å². The van der Waals surface area contributed by atoms with Gasteiger partial charge in [0.25, 0.3) is 11.9 Å². The topological polar surface area (TPSA) is 52.6 Å². The fourth-order valence-electron chi connectivity index (χ4n) is 1.62. The smallest absolute Gasteiger partial charge is 0.482 e. The van der Waals surface area contributed by atoms with Gasteiger partial charge in [-0.3, -0.25) is 9.59 Å². The second-order valence-corrected chi connectivity index (χ2v) is 7.17. The van der Waals surface area contributed by atoms with E-state index in [1.165, 1.54) is 13.8 Å². The van der Waals surface area contributed by atoms with Crippen LogP contribution < -0.4 is 0 Å². The molecule has 0 spiro atoms. The lowest BCUT2D eigenvalue weighted by molar-refractivity contribution is -0.138. The molecular weight excluding hydrogens is 260 g/mol. The van der Waals surface area contributed by atoms with Gasteiger partial charge < -0.3 is 8.85 Å². The first-order chi connectivity index (χ1) is 8.97.